The molecule has 2 N–H and O–H groups in total. The molecule has 2 rings (SSSR count). The van der Waals surface area contributed by atoms with Gasteiger partial charge in [-0.2, -0.15) is 8.78 Å². The van der Waals surface area contributed by atoms with Crippen molar-refractivity contribution >= 4 is 0 Å². The lowest BCUT2D eigenvalue weighted by atomic mass is 9.92. The van der Waals surface area contributed by atoms with Crippen LogP contribution in [0.1, 0.15) is 37.3 Å². The van der Waals surface area contributed by atoms with Gasteiger partial charge in [-0.15, -0.1) is 0 Å². The van der Waals surface area contributed by atoms with Crippen LogP contribution in [0.5, 0.6) is 5.75 Å². The normalized spacial score (nSPS) is 18.6. The summed E-state index contributed by atoms with van der Waals surface area (Å²) in [5, 5.41) is 0. The van der Waals surface area contributed by atoms with Crippen LogP contribution in [0, 0.1) is 5.92 Å². The van der Waals surface area contributed by atoms with Crippen molar-refractivity contribution in [3.05, 3.63) is 29.8 Å². The van der Waals surface area contributed by atoms with Gasteiger partial charge in [-0.05, 0) is 36.5 Å². The molecule has 0 amide bonds. The standard InChI is InChI=1S/C13H17F2NO/c14-13(15)17-11-7-3-6-10(8-11)12(16)9-4-1-2-5-9/h3,6-9,12-13H,1-2,4-5,16H2/t12-/m1/s1. The molecule has 1 aliphatic rings. The predicted octanol–water partition coefficient (Wildman–Crippen LogP) is 3.48. The van der Waals surface area contributed by atoms with E-state index in [1.807, 2.05) is 6.07 Å². The number of nitrogens with two attached hydrogens (primary N) is 1. The third-order valence-corrected chi connectivity index (χ3v) is 3.38. The van der Waals surface area contributed by atoms with Crippen molar-refractivity contribution in [1.82, 2.24) is 0 Å². The van der Waals surface area contributed by atoms with Crippen molar-refractivity contribution in [2.45, 2.75) is 38.3 Å². The summed E-state index contributed by atoms with van der Waals surface area (Å²) >= 11 is 0. The van der Waals surface area contributed by atoms with Crippen LogP contribution in [-0.4, -0.2) is 6.61 Å². The molecule has 0 heterocycles. The van der Waals surface area contributed by atoms with Gasteiger partial charge in [0.25, 0.3) is 0 Å². The van der Waals surface area contributed by atoms with E-state index in [4.69, 9.17) is 5.73 Å². The monoisotopic (exact) mass is 241 g/mol. The number of hydrogen-bond donors (Lipinski definition) is 1. The zero-order valence-electron chi connectivity index (χ0n) is 9.61. The van der Waals surface area contributed by atoms with Crippen molar-refractivity contribution in [1.29, 1.82) is 0 Å². The van der Waals surface area contributed by atoms with Gasteiger partial charge >= 0.3 is 6.61 Å². The summed E-state index contributed by atoms with van der Waals surface area (Å²) in [7, 11) is 0. The van der Waals surface area contributed by atoms with Crippen molar-refractivity contribution in [3.63, 3.8) is 0 Å². The van der Waals surface area contributed by atoms with E-state index < -0.39 is 6.61 Å². The molecule has 1 fully saturated rings. The van der Waals surface area contributed by atoms with Crippen LogP contribution >= 0.6 is 0 Å². The van der Waals surface area contributed by atoms with E-state index in [0.717, 1.165) is 18.4 Å². The first-order valence-corrected chi connectivity index (χ1v) is 5.97. The Labute approximate surface area is 99.8 Å². The highest BCUT2D eigenvalue weighted by Gasteiger charge is 2.23. The molecule has 4 heteroatoms. The van der Waals surface area contributed by atoms with E-state index in [1.54, 1.807) is 12.1 Å². The molecule has 0 unspecified atom stereocenters. The Balaban J connectivity index is 2.09. The van der Waals surface area contributed by atoms with Crippen LogP contribution in [0.4, 0.5) is 8.78 Å². The van der Waals surface area contributed by atoms with E-state index in [2.05, 4.69) is 4.74 Å². The average molecular weight is 241 g/mol. The molecule has 1 aliphatic carbocycles. The Bertz CT molecular complexity index is 364. The molecule has 0 aromatic heterocycles. The summed E-state index contributed by atoms with van der Waals surface area (Å²) < 4.78 is 28.6. The Morgan fingerprint density at radius 3 is 2.59 bits per heavy atom. The highest BCUT2D eigenvalue weighted by Crippen LogP contribution is 2.35. The van der Waals surface area contributed by atoms with Crippen molar-refractivity contribution < 1.29 is 13.5 Å². The van der Waals surface area contributed by atoms with Crippen LogP contribution in [-0.2, 0) is 0 Å². The van der Waals surface area contributed by atoms with Crippen LogP contribution in [0.25, 0.3) is 0 Å². The van der Waals surface area contributed by atoms with Gasteiger partial charge in [0.1, 0.15) is 5.75 Å². The zero-order chi connectivity index (χ0) is 12.3. The molecular weight excluding hydrogens is 224 g/mol. The van der Waals surface area contributed by atoms with Crippen LogP contribution in [0.15, 0.2) is 24.3 Å². The number of halogens is 2. The van der Waals surface area contributed by atoms with Gasteiger partial charge in [-0.3, -0.25) is 0 Å². The summed E-state index contributed by atoms with van der Waals surface area (Å²) in [6.07, 6.45) is 4.68. The number of rotatable bonds is 4. The fourth-order valence-electron chi connectivity index (χ4n) is 2.49. The lowest BCUT2D eigenvalue weighted by molar-refractivity contribution is -0.0499. The molecule has 1 atom stereocenters. The maximum atomic E-state index is 12.1. The molecule has 1 saturated carbocycles. The number of benzene rings is 1. The van der Waals surface area contributed by atoms with Gasteiger partial charge in [0.15, 0.2) is 0 Å². The number of alkyl halides is 2. The second-order valence-corrected chi connectivity index (χ2v) is 4.52. The molecule has 0 bridgehead atoms. The molecule has 0 saturated heterocycles. The fourth-order valence-corrected chi connectivity index (χ4v) is 2.49. The Morgan fingerprint density at radius 2 is 1.94 bits per heavy atom. The molecular formula is C13H17F2NO. The summed E-state index contributed by atoms with van der Waals surface area (Å²) in [6.45, 7) is -2.78. The van der Waals surface area contributed by atoms with Crippen LogP contribution in [0.2, 0.25) is 0 Å². The maximum absolute atomic E-state index is 12.1. The Hall–Kier alpha value is -1.16. The van der Waals surface area contributed by atoms with Gasteiger partial charge in [0.05, 0.1) is 0 Å². The minimum atomic E-state index is -2.78. The highest BCUT2D eigenvalue weighted by atomic mass is 19.3. The van der Waals surface area contributed by atoms with Crippen molar-refractivity contribution in [2.75, 3.05) is 0 Å². The van der Waals surface area contributed by atoms with Crippen LogP contribution in [0.3, 0.4) is 0 Å². The van der Waals surface area contributed by atoms with Gasteiger partial charge in [-0.25, -0.2) is 0 Å². The van der Waals surface area contributed by atoms with E-state index in [1.165, 1.54) is 18.9 Å². The summed E-state index contributed by atoms with van der Waals surface area (Å²) in [5.74, 6) is 0.655. The second kappa shape index (κ2) is 5.45. The van der Waals surface area contributed by atoms with Gasteiger partial charge < -0.3 is 10.5 Å². The van der Waals surface area contributed by atoms with Crippen LogP contribution < -0.4 is 10.5 Å². The molecule has 94 valence electrons. The number of ether oxygens (including phenoxy) is 1. The smallest absolute Gasteiger partial charge is 0.387 e. The lowest BCUT2D eigenvalue weighted by Gasteiger charge is -2.19. The van der Waals surface area contributed by atoms with E-state index in [9.17, 15) is 8.78 Å². The molecule has 17 heavy (non-hydrogen) atoms. The average Bonchev–Trinajstić information content (AvgIpc) is 2.81. The number of hydrogen-bond acceptors (Lipinski definition) is 2. The van der Waals surface area contributed by atoms with Gasteiger partial charge in [0, 0.05) is 6.04 Å². The second-order valence-electron chi connectivity index (χ2n) is 4.52. The summed E-state index contributed by atoms with van der Waals surface area (Å²) in [4.78, 5) is 0. The lowest BCUT2D eigenvalue weighted by Crippen LogP contribution is -2.19. The Kier molecular flexibility index (Phi) is 3.94. The Morgan fingerprint density at radius 1 is 1.24 bits per heavy atom. The molecule has 0 radical (unpaired) electrons. The summed E-state index contributed by atoms with van der Waals surface area (Å²) in [5.41, 5.74) is 7.04. The van der Waals surface area contributed by atoms with Crippen molar-refractivity contribution in [2.24, 2.45) is 11.7 Å². The molecule has 0 spiro atoms. The van der Waals surface area contributed by atoms with Gasteiger partial charge in [-0.1, -0.05) is 25.0 Å². The largest absolute Gasteiger partial charge is 0.435 e. The zero-order valence-corrected chi connectivity index (χ0v) is 9.61. The SMILES string of the molecule is N[C@@H](c1cccc(OC(F)F)c1)C1CCCC1. The quantitative estimate of drug-likeness (QED) is 0.875. The first kappa shape index (κ1) is 12.3. The highest BCUT2D eigenvalue weighted by molar-refractivity contribution is 5.30. The minimum Gasteiger partial charge on any atom is -0.435 e. The topological polar surface area (TPSA) is 35.2 Å². The molecule has 1 aromatic carbocycles. The van der Waals surface area contributed by atoms with Crippen molar-refractivity contribution in [3.8, 4) is 5.75 Å². The van der Waals surface area contributed by atoms with E-state index >= 15 is 0 Å². The third-order valence-electron chi connectivity index (χ3n) is 3.38. The minimum absolute atomic E-state index is 0.0706. The maximum Gasteiger partial charge on any atom is 0.387 e. The van der Waals surface area contributed by atoms with E-state index in [-0.39, 0.29) is 11.8 Å². The first-order valence-electron chi connectivity index (χ1n) is 5.97. The summed E-state index contributed by atoms with van der Waals surface area (Å²) in [6, 6.07) is 6.66. The fraction of sp³-hybridized carbons (Fsp3) is 0.538. The molecule has 1 aromatic rings. The van der Waals surface area contributed by atoms with Gasteiger partial charge in [0.2, 0.25) is 0 Å². The predicted molar refractivity (Wildman–Crippen MR) is 62.0 cm³/mol. The molecule has 2 nitrogen and oxygen atoms in total. The molecule has 0 aliphatic heterocycles. The van der Waals surface area contributed by atoms with E-state index in [0.29, 0.717) is 5.92 Å². The third kappa shape index (κ3) is 3.16. The first-order chi connectivity index (χ1) is 8.16.